The summed E-state index contributed by atoms with van der Waals surface area (Å²) in [5, 5.41) is 21.7. The number of piperazine rings is 2. The van der Waals surface area contributed by atoms with Crippen molar-refractivity contribution >= 4 is 64.0 Å². The van der Waals surface area contributed by atoms with Crippen LogP contribution in [-0.2, 0) is 36.7 Å². The van der Waals surface area contributed by atoms with Crippen LogP contribution >= 0.6 is 11.3 Å². The van der Waals surface area contributed by atoms with Gasteiger partial charge in [-0.2, -0.15) is 13.2 Å². The zero-order valence-corrected chi connectivity index (χ0v) is 48.9. The Bertz CT molecular complexity index is 3260. The van der Waals surface area contributed by atoms with Crippen LogP contribution < -0.4 is 36.6 Å². The number of carbonyl (C=O) groups excluding carboxylic acids is 6. The molecule has 0 spiro atoms. The molecule has 1 unspecified atom stereocenters. The summed E-state index contributed by atoms with van der Waals surface area (Å²) in [7, 11) is 1.96. The normalized spacial score (nSPS) is 19.0. The fourth-order valence-corrected chi connectivity index (χ4v) is 11.5. The zero-order valence-electron chi connectivity index (χ0n) is 48.1. The molecule has 6 heterocycles. The molecule has 0 radical (unpaired) electrons. The lowest BCUT2D eigenvalue weighted by Gasteiger charge is -2.44. The number of nitrogens with one attached hydrogen (secondary N) is 5. The number of aliphatic hydroxyl groups excluding tert-OH is 1. The number of nitrogens with zero attached hydrogens (tertiary/aromatic N) is 7. The number of benzene rings is 2. The standard InChI is InChI=1S/C59H72F4N12O8S/c1-34-30-74(31-35(2)71(34)7)46-26-44(60)41(24-45(46)69-55(81)42-29-66-51(79)25-43(42)59(61,62)63)39-14-15-48(65-28-39)72-19-21-73(22-20-72)52(80)17-16-49(77)64-18-8-9-50(78)70-54(58(4,5)6)57(83)75-32-40(76)23-47(75)56(82)67-27-37-10-12-38(13-11-37)53-36(3)68-33-84-53/h10-15,24-26,28-29,33-35,40,47,54,76H,8-9,16-23,27,30-32H2,1-7H3,(H,64,77)(H,66,79)(H,67,82)(H,69,81)(H,70,78)/t34-,35+,40-,47+,54?/m1/s1. The molecule has 450 valence electrons. The average molecular weight is 1190 g/mol. The fourth-order valence-electron chi connectivity index (χ4n) is 10.7. The third-order valence-electron chi connectivity index (χ3n) is 15.7. The van der Waals surface area contributed by atoms with E-state index in [1.54, 1.807) is 54.7 Å². The van der Waals surface area contributed by atoms with E-state index in [0.29, 0.717) is 62.9 Å². The third kappa shape index (κ3) is 15.1. The second-order valence-corrected chi connectivity index (χ2v) is 23.7. The van der Waals surface area contributed by atoms with Gasteiger partial charge in [0, 0.05) is 126 Å². The molecule has 20 nitrogen and oxygen atoms in total. The molecular formula is C59H72F4N12O8S. The highest BCUT2D eigenvalue weighted by Gasteiger charge is 2.45. The number of hydrogen-bond acceptors (Lipinski definition) is 14. The number of likely N-dealkylation sites (tertiary alicyclic amines) is 1. The molecule has 5 atom stereocenters. The number of aliphatic hydroxyl groups is 1. The topological polar surface area (TPSA) is 246 Å². The Morgan fingerprint density at radius 3 is 2.17 bits per heavy atom. The Morgan fingerprint density at radius 2 is 1.54 bits per heavy atom. The Labute approximate surface area is 488 Å². The lowest BCUT2D eigenvalue weighted by molar-refractivity contribution is -0.144. The van der Waals surface area contributed by atoms with Crippen molar-refractivity contribution in [2.24, 2.45) is 5.41 Å². The van der Waals surface area contributed by atoms with E-state index in [1.165, 1.54) is 23.2 Å². The van der Waals surface area contributed by atoms with Gasteiger partial charge in [0.1, 0.15) is 23.7 Å². The maximum Gasteiger partial charge on any atom is 0.417 e. The summed E-state index contributed by atoms with van der Waals surface area (Å²) >= 11 is 1.55. The number of aromatic amines is 1. The minimum absolute atomic E-state index is 0.0154. The molecule has 84 heavy (non-hydrogen) atoms. The van der Waals surface area contributed by atoms with Gasteiger partial charge in [-0.05, 0) is 75.0 Å². The first-order chi connectivity index (χ1) is 39.7. The molecular weight excluding hydrogens is 1110 g/mol. The number of pyridine rings is 2. The highest BCUT2D eigenvalue weighted by atomic mass is 32.1. The lowest BCUT2D eigenvalue weighted by atomic mass is 9.85. The van der Waals surface area contributed by atoms with E-state index in [-0.39, 0.29) is 92.6 Å². The van der Waals surface area contributed by atoms with E-state index in [0.717, 1.165) is 21.7 Å². The molecule has 25 heteroatoms. The number of halogens is 4. The molecule has 2 aromatic carbocycles. The number of aromatic nitrogens is 3. The smallest absolute Gasteiger partial charge is 0.391 e. The van der Waals surface area contributed by atoms with Crippen molar-refractivity contribution in [1.29, 1.82) is 0 Å². The van der Waals surface area contributed by atoms with Crippen LogP contribution in [0.15, 0.2) is 77.3 Å². The minimum atomic E-state index is -5.01. The summed E-state index contributed by atoms with van der Waals surface area (Å²) < 4.78 is 58.2. The first kappa shape index (κ1) is 62.3. The Hall–Kier alpha value is -7.77. The van der Waals surface area contributed by atoms with Crippen LogP contribution in [-0.4, -0.2) is 160 Å². The number of carbonyl (C=O) groups is 6. The van der Waals surface area contributed by atoms with Gasteiger partial charge in [0.25, 0.3) is 5.91 Å². The summed E-state index contributed by atoms with van der Waals surface area (Å²) in [4.78, 5) is 113. The van der Waals surface area contributed by atoms with Crippen LogP contribution in [0.3, 0.4) is 0 Å². The largest absolute Gasteiger partial charge is 0.417 e. The van der Waals surface area contributed by atoms with Gasteiger partial charge in [-0.3, -0.25) is 38.5 Å². The lowest BCUT2D eigenvalue weighted by Crippen LogP contribution is -2.57. The predicted molar refractivity (Wildman–Crippen MR) is 310 cm³/mol. The number of thiazole rings is 1. The first-order valence-corrected chi connectivity index (χ1v) is 28.9. The molecule has 3 fully saturated rings. The van der Waals surface area contributed by atoms with Crippen molar-refractivity contribution in [3.8, 4) is 21.6 Å². The predicted octanol–water partition coefficient (Wildman–Crippen LogP) is 5.94. The van der Waals surface area contributed by atoms with Crippen LogP contribution in [0.25, 0.3) is 21.6 Å². The number of H-pyrrole nitrogens is 1. The van der Waals surface area contributed by atoms with Gasteiger partial charge >= 0.3 is 6.18 Å². The third-order valence-corrected chi connectivity index (χ3v) is 16.7. The molecule has 0 saturated carbocycles. The van der Waals surface area contributed by atoms with Crippen molar-refractivity contribution in [2.75, 3.05) is 74.5 Å². The highest BCUT2D eigenvalue weighted by molar-refractivity contribution is 7.13. The molecule has 6 N–H and O–H groups in total. The molecule has 3 aliphatic rings. The number of amides is 6. The van der Waals surface area contributed by atoms with Crippen molar-refractivity contribution in [1.82, 2.24) is 45.6 Å². The van der Waals surface area contributed by atoms with Crippen LogP contribution in [0.2, 0.25) is 0 Å². The van der Waals surface area contributed by atoms with Crippen molar-refractivity contribution < 1.29 is 51.4 Å². The zero-order chi connectivity index (χ0) is 60.8. The van der Waals surface area contributed by atoms with E-state index >= 15 is 4.39 Å². The number of aryl methyl sites for hydroxylation is 1. The van der Waals surface area contributed by atoms with Crippen LogP contribution in [0, 0.1) is 18.2 Å². The summed E-state index contributed by atoms with van der Waals surface area (Å²) in [6, 6.07) is 12.1. The second-order valence-electron chi connectivity index (χ2n) is 22.9. The minimum Gasteiger partial charge on any atom is -0.391 e. The van der Waals surface area contributed by atoms with Gasteiger partial charge in [-0.15, -0.1) is 11.3 Å². The molecule has 3 saturated heterocycles. The monoisotopic (exact) mass is 1180 g/mol. The highest BCUT2D eigenvalue weighted by Crippen LogP contribution is 2.38. The summed E-state index contributed by atoms with van der Waals surface area (Å²) in [5.74, 6) is -3.20. The molecule has 8 rings (SSSR count). The molecule has 3 aliphatic heterocycles. The van der Waals surface area contributed by atoms with Gasteiger partial charge in [0.05, 0.1) is 44.7 Å². The van der Waals surface area contributed by atoms with Gasteiger partial charge in [-0.25, -0.2) is 14.4 Å². The maximum atomic E-state index is 16.2. The van der Waals surface area contributed by atoms with Gasteiger partial charge in [0.2, 0.25) is 35.1 Å². The molecule has 5 aromatic rings. The van der Waals surface area contributed by atoms with Crippen molar-refractivity contribution in [3.63, 3.8) is 0 Å². The molecule has 0 bridgehead atoms. The van der Waals surface area contributed by atoms with E-state index in [9.17, 15) is 51.8 Å². The first-order valence-electron chi connectivity index (χ1n) is 28.0. The van der Waals surface area contributed by atoms with E-state index in [1.807, 2.05) is 61.9 Å². The summed E-state index contributed by atoms with van der Waals surface area (Å²) in [6.07, 6.45) is -3.64. The van der Waals surface area contributed by atoms with Crippen LogP contribution in [0.5, 0.6) is 0 Å². The number of rotatable bonds is 18. The second kappa shape index (κ2) is 26.4. The number of hydrogen-bond donors (Lipinski definition) is 6. The van der Waals surface area contributed by atoms with Crippen molar-refractivity contribution in [2.45, 2.75) is 117 Å². The Morgan fingerprint density at radius 1 is 0.845 bits per heavy atom. The summed E-state index contributed by atoms with van der Waals surface area (Å²) in [6.45, 7) is 13.9. The number of anilines is 3. The van der Waals surface area contributed by atoms with Gasteiger partial charge in [0.15, 0.2) is 0 Å². The van der Waals surface area contributed by atoms with Crippen LogP contribution in [0.4, 0.5) is 34.8 Å². The summed E-state index contributed by atoms with van der Waals surface area (Å²) in [5.41, 5.74) is 1.25. The number of alkyl halides is 3. The van der Waals surface area contributed by atoms with E-state index in [4.69, 9.17) is 0 Å². The van der Waals surface area contributed by atoms with Gasteiger partial charge < -0.3 is 51.0 Å². The fraction of sp³-hybridized carbons (Fsp3) is 0.475. The quantitative estimate of drug-likeness (QED) is 0.0440. The molecule has 0 aliphatic carbocycles. The van der Waals surface area contributed by atoms with E-state index in [2.05, 4.69) is 41.1 Å². The number of likely N-dealkylation sites (N-methyl/N-ethyl adjacent to an activating group) is 1. The SMILES string of the molecule is Cc1ncsc1-c1ccc(CNC(=O)[C@@H]2C[C@@H](O)CN2C(=O)C(NC(=O)CCCNC(=O)CCC(=O)N2CCN(c3ccc(-c4cc(NC(=O)c5c[nH]c(=O)cc5C(F)(F)F)c(N5C[C@@H](C)N(C)[C@@H](C)C5)cc4F)cn3)CC2)C(C)(C)C)cc1. The Kier molecular flexibility index (Phi) is 19.6. The average Bonchev–Trinajstić information content (AvgIpc) is 2.59. The molecule has 3 aromatic heterocycles. The van der Waals surface area contributed by atoms with Gasteiger partial charge in [-0.1, -0.05) is 45.0 Å². The van der Waals surface area contributed by atoms with Crippen molar-refractivity contribution in [3.05, 3.63) is 111 Å². The Balaban J connectivity index is 0.786. The maximum absolute atomic E-state index is 16.2. The van der Waals surface area contributed by atoms with Crippen LogP contribution in [0.1, 0.15) is 93.9 Å². The van der Waals surface area contributed by atoms with E-state index < -0.39 is 75.9 Å². The molecule has 6 amide bonds. The number of β-amino-alcohol motifs (C(OH)–C–C–N with tert-alkyl or cyclic N) is 1.